The van der Waals surface area contributed by atoms with Gasteiger partial charge in [-0.1, -0.05) is 12.1 Å². The van der Waals surface area contributed by atoms with Crippen LogP contribution in [-0.2, 0) is 16.0 Å². The largest absolute Gasteiger partial charge is 0.427 e. The number of esters is 1. The fraction of sp³-hybridized carbons (Fsp3) is 0.176. The Morgan fingerprint density at radius 2 is 2.04 bits per heavy atom. The summed E-state index contributed by atoms with van der Waals surface area (Å²) in [5.41, 5.74) is 6.38. The molecular formula is C17H16BrN3O4. The number of primary amides is 1. The second-order valence-corrected chi connectivity index (χ2v) is 5.96. The number of aromatic nitrogens is 1. The second-order valence-electron chi connectivity index (χ2n) is 5.21. The number of rotatable bonds is 6. The summed E-state index contributed by atoms with van der Waals surface area (Å²) in [7, 11) is 0. The van der Waals surface area contributed by atoms with Crippen molar-refractivity contribution in [3.8, 4) is 5.75 Å². The zero-order valence-corrected chi connectivity index (χ0v) is 14.9. The van der Waals surface area contributed by atoms with E-state index in [0.29, 0.717) is 4.60 Å². The highest BCUT2D eigenvalue weighted by Crippen LogP contribution is 2.16. The van der Waals surface area contributed by atoms with Gasteiger partial charge in [0.25, 0.3) is 5.91 Å². The highest BCUT2D eigenvalue weighted by molar-refractivity contribution is 9.10. The Bertz CT molecular complexity index is 810. The molecule has 2 aromatic rings. The first-order valence-corrected chi connectivity index (χ1v) is 8.14. The van der Waals surface area contributed by atoms with E-state index < -0.39 is 23.8 Å². The molecule has 25 heavy (non-hydrogen) atoms. The normalized spacial score (nSPS) is 11.4. The molecule has 0 aliphatic heterocycles. The molecule has 3 N–H and O–H groups in total. The van der Waals surface area contributed by atoms with Crippen molar-refractivity contribution in [1.29, 1.82) is 0 Å². The Hall–Kier alpha value is -2.74. The zero-order chi connectivity index (χ0) is 18.4. The molecule has 0 unspecified atom stereocenters. The van der Waals surface area contributed by atoms with Gasteiger partial charge in [-0.05, 0) is 45.8 Å². The Kier molecular flexibility index (Phi) is 6.24. The quantitative estimate of drug-likeness (QED) is 0.430. The van der Waals surface area contributed by atoms with Gasteiger partial charge in [-0.2, -0.15) is 0 Å². The average Bonchev–Trinajstić information content (AvgIpc) is 2.55. The predicted octanol–water partition coefficient (Wildman–Crippen LogP) is 1.60. The van der Waals surface area contributed by atoms with E-state index in [2.05, 4.69) is 26.2 Å². The number of carbonyl (C=O) groups is 3. The van der Waals surface area contributed by atoms with Crippen LogP contribution in [0.2, 0.25) is 0 Å². The van der Waals surface area contributed by atoms with Crippen molar-refractivity contribution in [2.75, 3.05) is 0 Å². The third-order valence-electron chi connectivity index (χ3n) is 3.27. The highest BCUT2D eigenvalue weighted by atomic mass is 79.9. The number of halogens is 1. The molecule has 0 saturated heterocycles. The molecule has 0 fully saturated rings. The van der Waals surface area contributed by atoms with Crippen LogP contribution in [0.15, 0.2) is 47.2 Å². The molecule has 7 nitrogen and oxygen atoms in total. The van der Waals surface area contributed by atoms with Crippen molar-refractivity contribution < 1.29 is 19.1 Å². The van der Waals surface area contributed by atoms with Crippen LogP contribution < -0.4 is 15.8 Å². The molecule has 130 valence electrons. The lowest BCUT2D eigenvalue weighted by Gasteiger charge is -2.16. The van der Waals surface area contributed by atoms with Crippen molar-refractivity contribution in [3.63, 3.8) is 0 Å². The van der Waals surface area contributed by atoms with Crippen LogP contribution in [0.25, 0.3) is 0 Å². The number of carbonyl (C=O) groups excluding carboxylic acids is 3. The first kappa shape index (κ1) is 18.6. The molecule has 0 aliphatic rings. The third kappa shape index (κ3) is 5.39. The summed E-state index contributed by atoms with van der Waals surface area (Å²) in [5, 5.41) is 2.59. The van der Waals surface area contributed by atoms with Crippen molar-refractivity contribution in [3.05, 3.63) is 58.3 Å². The lowest BCUT2D eigenvalue weighted by atomic mass is 10.1. The lowest BCUT2D eigenvalue weighted by Crippen LogP contribution is -2.45. The first-order valence-electron chi connectivity index (χ1n) is 7.35. The third-order valence-corrected chi connectivity index (χ3v) is 3.98. The van der Waals surface area contributed by atoms with Gasteiger partial charge in [-0.15, -0.1) is 0 Å². The molecule has 2 amide bonds. The van der Waals surface area contributed by atoms with E-state index >= 15 is 0 Å². The maximum absolute atomic E-state index is 12.4. The highest BCUT2D eigenvalue weighted by Gasteiger charge is 2.21. The average molecular weight is 406 g/mol. The van der Waals surface area contributed by atoms with Crippen LogP contribution in [0, 0.1) is 0 Å². The summed E-state index contributed by atoms with van der Waals surface area (Å²) in [6.45, 7) is 1.27. The van der Waals surface area contributed by atoms with Gasteiger partial charge in [0.05, 0.1) is 0 Å². The Morgan fingerprint density at radius 3 is 2.68 bits per heavy atom. The molecule has 1 aromatic heterocycles. The number of hydrogen-bond acceptors (Lipinski definition) is 5. The molecular weight excluding hydrogens is 390 g/mol. The van der Waals surface area contributed by atoms with Gasteiger partial charge in [-0.25, -0.2) is 4.98 Å². The minimum atomic E-state index is -0.912. The molecule has 1 heterocycles. The standard InChI is InChI=1S/C17H16BrN3O4/c1-10(22)25-13-6-2-4-12(8-13)17(24)21-14(16(19)23)9-11-5-3-7-20-15(11)18/h2-8,14H,9H2,1H3,(H2,19,23)(H,21,24)/t14-/m0/s1. The SMILES string of the molecule is CC(=O)Oc1cccc(C(=O)N[C@@H](Cc2cccnc2Br)C(N)=O)c1. The first-order chi connectivity index (χ1) is 11.9. The fourth-order valence-corrected chi connectivity index (χ4v) is 2.53. The van der Waals surface area contributed by atoms with Gasteiger partial charge in [0.15, 0.2) is 0 Å². The van der Waals surface area contributed by atoms with E-state index in [9.17, 15) is 14.4 Å². The number of nitrogens with zero attached hydrogens (tertiary/aromatic N) is 1. The molecule has 8 heteroatoms. The summed E-state index contributed by atoms with van der Waals surface area (Å²) >= 11 is 3.29. The number of hydrogen-bond donors (Lipinski definition) is 2. The maximum Gasteiger partial charge on any atom is 0.308 e. The Labute approximate surface area is 152 Å². The zero-order valence-electron chi connectivity index (χ0n) is 13.4. The van der Waals surface area contributed by atoms with Crippen LogP contribution >= 0.6 is 15.9 Å². The van der Waals surface area contributed by atoms with Crippen molar-refractivity contribution >= 4 is 33.7 Å². The Morgan fingerprint density at radius 1 is 1.28 bits per heavy atom. The fourth-order valence-electron chi connectivity index (χ4n) is 2.12. The summed E-state index contributed by atoms with van der Waals surface area (Å²) < 4.78 is 5.52. The molecule has 2 rings (SSSR count). The van der Waals surface area contributed by atoms with Crippen LogP contribution in [-0.4, -0.2) is 28.8 Å². The summed E-state index contributed by atoms with van der Waals surface area (Å²) in [6.07, 6.45) is 1.80. The van der Waals surface area contributed by atoms with E-state index in [-0.39, 0.29) is 17.7 Å². The minimum Gasteiger partial charge on any atom is -0.427 e. The number of pyridine rings is 1. The minimum absolute atomic E-state index is 0.194. The summed E-state index contributed by atoms with van der Waals surface area (Å²) in [5.74, 6) is -1.42. The predicted molar refractivity (Wildman–Crippen MR) is 93.8 cm³/mol. The second kappa shape index (κ2) is 8.39. The summed E-state index contributed by atoms with van der Waals surface area (Å²) in [4.78, 5) is 39.2. The van der Waals surface area contributed by atoms with Crippen molar-refractivity contribution in [2.24, 2.45) is 5.73 Å². The summed E-state index contributed by atoms with van der Waals surface area (Å²) in [6, 6.07) is 8.67. The van der Waals surface area contributed by atoms with Gasteiger partial charge >= 0.3 is 5.97 Å². The molecule has 0 aliphatic carbocycles. The van der Waals surface area contributed by atoms with E-state index in [1.54, 1.807) is 36.5 Å². The molecule has 1 atom stereocenters. The van der Waals surface area contributed by atoms with Crippen LogP contribution in [0.4, 0.5) is 0 Å². The lowest BCUT2D eigenvalue weighted by molar-refractivity contribution is -0.131. The van der Waals surface area contributed by atoms with Crippen molar-refractivity contribution in [1.82, 2.24) is 10.3 Å². The Balaban J connectivity index is 2.14. The molecule has 1 aromatic carbocycles. The van der Waals surface area contributed by atoms with Crippen LogP contribution in [0.5, 0.6) is 5.75 Å². The van der Waals surface area contributed by atoms with Gasteiger partial charge in [-0.3, -0.25) is 14.4 Å². The monoisotopic (exact) mass is 405 g/mol. The van der Waals surface area contributed by atoms with E-state index in [0.717, 1.165) is 5.56 Å². The topological polar surface area (TPSA) is 111 Å². The molecule has 0 spiro atoms. The number of benzene rings is 1. The van der Waals surface area contributed by atoms with Gasteiger partial charge in [0.1, 0.15) is 16.4 Å². The van der Waals surface area contributed by atoms with Crippen molar-refractivity contribution in [2.45, 2.75) is 19.4 Å². The number of ether oxygens (including phenoxy) is 1. The van der Waals surface area contributed by atoms with Crippen LogP contribution in [0.3, 0.4) is 0 Å². The van der Waals surface area contributed by atoms with E-state index in [4.69, 9.17) is 10.5 Å². The number of nitrogens with two attached hydrogens (primary N) is 1. The van der Waals surface area contributed by atoms with Gasteiger partial charge in [0, 0.05) is 25.1 Å². The molecule has 0 radical (unpaired) electrons. The molecule has 0 bridgehead atoms. The number of nitrogens with one attached hydrogen (secondary N) is 1. The van der Waals surface area contributed by atoms with Gasteiger partial charge in [0.2, 0.25) is 5.91 Å². The molecule has 0 saturated carbocycles. The van der Waals surface area contributed by atoms with E-state index in [1.165, 1.54) is 13.0 Å². The smallest absolute Gasteiger partial charge is 0.308 e. The van der Waals surface area contributed by atoms with Gasteiger partial charge < -0.3 is 15.8 Å². The van der Waals surface area contributed by atoms with E-state index in [1.807, 2.05) is 0 Å². The number of amides is 2. The maximum atomic E-state index is 12.4. The van der Waals surface area contributed by atoms with Crippen LogP contribution in [0.1, 0.15) is 22.8 Å².